The Labute approximate surface area is 224 Å². The van der Waals surface area contributed by atoms with E-state index in [-0.39, 0.29) is 18.9 Å². The van der Waals surface area contributed by atoms with Gasteiger partial charge in [-0.15, -0.1) is 0 Å². The average Bonchev–Trinajstić information content (AvgIpc) is 2.85. The molecule has 3 rings (SSSR count). The highest BCUT2D eigenvalue weighted by Gasteiger charge is 2.32. The number of aryl methyl sites for hydroxylation is 2. The van der Waals surface area contributed by atoms with Crippen molar-refractivity contribution < 1.29 is 18.0 Å². The maximum atomic E-state index is 13.9. The molecule has 0 bridgehead atoms. The van der Waals surface area contributed by atoms with Crippen LogP contribution in [0.3, 0.4) is 0 Å². The van der Waals surface area contributed by atoms with Gasteiger partial charge in [-0.3, -0.25) is 13.9 Å². The molecule has 9 heteroatoms. The number of halogens is 1. The predicted octanol–water partition coefficient (Wildman–Crippen LogP) is 4.11. The molecule has 0 heterocycles. The Morgan fingerprint density at radius 1 is 0.946 bits per heavy atom. The van der Waals surface area contributed by atoms with Crippen LogP contribution in [0.15, 0.2) is 72.8 Å². The number of rotatable bonds is 10. The lowest BCUT2D eigenvalue weighted by Crippen LogP contribution is -2.53. The molecule has 37 heavy (non-hydrogen) atoms. The number of sulfonamides is 1. The Balaban J connectivity index is 2.04. The second kappa shape index (κ2) is 12.3. The predicted molar refractivity (Wildman–Crippen MR) is 148 cm³/mol. The molecule has 0 radical (unpaired) electrons. The number of benzene rings is 3. The summed E-state index contributed by atoms with van der Waals surface area (Å²) in [5, 5.41) is 3.21. The maximum absolute atomic E-state index is 13.9. The Bertz CT molecular complexity index is 1350. The SMILES string of the molecule is CNC(=O)[C@H](Cc1ccccc1)N(Cc1ccc(Cl)cc1)C(=O)CN(c1ccc(C)cc1C)S(C)(=O)=O. The molecule has 196 valence electrons. The van der Waals surface area contributed by atoms with E-state index in [1.165, 1.54) is 11.9 Å². The fourth-order valence-corrected chi connectivity index (χ4v) is 5.22. The largest absolute Gasteiger partial charge is 0.357 e. The van der Waals surface area contributed by atoms with Crippen LogP contribution in [0.2, 0.25) is 5.02 Å². The van der Waals surface area contributed by atoms with Gasteiger partial charge in [0.15, 0.2) is 0 Å². The Morgan fingerprint density at radius 3 is 2.16 bits per heavy atom. The fraction of sp³-hybridized carbons (Fsp3) is 0.286. The van der Waals surface area contributed by atoms with Crippen LogP contribution < -0.4 is 9.62 Å². The molecular formula is C28H32ClN3O4S. The van der Waals surface area contributed by atoms with Gasteiger partial charge >= 0.3 is 0 Å². The van der Waals surface area contributed by atoms with Gasteiger partial charge in [0.05, 0.1) is 11.9 Å². The molecular weight excluding hydrogens is 510 g/mol. The quantitative estimate of drug-likeness (QED) is 0.418. The van der Waals surface area contributed by atoms with E-state index in [9.17, 15) is 18.0 Å². The lowest BCUT2D eigenvalue weighted by Gasteiger charge is -2.33. The molecule has 0 fully saturated rings. The molecule has 3 aromatic rings. The van der Waals surface area contributed by atoms with Crippen LogP contribution >= 0.6 is 11.6 Å². The van der Waals surface area contributed by atoms with Crippen molar-refractivity contribution in [1.82, 2.24) is 10.2 Å². The third-order valence-electron chi connectivity index (χ3n) is 6.08. The van der Waals surface area contributed by atoms with Crippen LogP contribution in [-0.2, 0) is 32.6 Å². The number of hydrogen-bond donors (Lipinski definition) is 1. The highest BCUT2D eigenvalue weighted by Crippen LogP contribution is 2.25. The number of hydrogen-bond acceptors (Lipinski definition) is 4. The first-order chi connectivity index (χ1) is 17.5. The van der Waals surface area contributed by atoms with Gasteiger partial charge in [-0.2, -0.15) is 0 Å². The summed E-state index contributed by atoms with van der Waals surface area (Å²) < 4.78 is 26.8. The number of nitrogens with one attached hydrogen (secondary N) is 1. The number of likely N-dealkylation sites (N-methyl/N-ethyl adjacent to an activating group) is 1. The standard InChI is InChI=1S/C28H32ClN3O4S/c1-20-10-15-25(21(2)16-20)32(37(4,35)36)19-27(33)31(18-23-11-13-24(29)14-12-23)26(28(34)30-3)17-22-8-6-5-7-9-22/h5-16,26H,17-19H2,1-4H3,(H,30,34)/t26-/m0/s1. The summed E-state index contributed by atoms with van der Waals surface area (Å²) in [4.78, 5) is 28.4. The molecule has 2 amide bonds. The van der Waals surface area contributed by atoms with Crippen LogP contribution in [0.25, 0.3) is 0 Å². The van der Waals surface area contributed by atoms with E-state index in [1.807, 2.05) is 43.3 Å². The van der Waals surface area contributed by atoms with Crippen LogP contribution in [-0.4, -0.2) is 51.0 Å². The van der Waals surface area contributed by atoms with E-state index < -0.39 is 28.5 Å². The van der Waals surface area contributed by atoms with Gasteiger partial charge in [-0.05, 0) is 48.7 Å². The van der Waals surface area contributed by atoms with Crippen molar-refractivity contribution in [2.45, 2.75) is 32.9 Å². The third-order valence-corrected chi connectivity index (χ3v) is 7.46. The summed E-state index contributed by atoms with van der Waals surface area (Å²) in [5.41, 5.74) is 3.77. The van der Waals surface area contributed by atoms with Gasteiger partial charge < -0.3 is 10.2 Å². The van der Waals surface area contributed by atoms with Crippen LogP contribution in [0.4, 0.5) is 5.69 Å². The van der Waals surface area contributed by atoms with E-state index in [2.05, 4.69) is 5.32 Å². The minimum absolute atomic E-state index is 0.103. The second-order valence-corrected chi connectivity index (χ2v) is 11.4. The van der Waals surface area contributed by atoms with Crippen molar-refractivity contribution in [3.63, 3.8) is 0 Å². The van der Waals surface area contributed by atoms with E-state index in [1.54, 1.807) is 43.3 Å². The zero-order chi connectivity index (χ0) is 27.2. The normalized spacial score (nSPS) is 12.0. The molecule has 0 saturated heterocycles. The van der Waals surface area contributed by atoms with Gasteiger partial charge in [0, 0.05) is 25.0 Å². The topological polar surface area (TPSA) is 86.8 Å². The van der Waals surface area contributed by atoms with Crippen molar-refractivity contribution in [2.24, 2.45) is 0 Å². The number of anilines is 1. The van der Waals surface area contributed by atoms with Gasteiger partial charge in [0.25, 0.3) is 0 Å². The minimum Gasteiger partial charge on any atom is -0.357 e. The van der Waals surface area contributed by atoms with Crippen molar-refractivity contribution in [3.8, 4) is 0 Å². The van der Waals surface area contributed by atoms with Crippen molar-refractivity contribution >= 4 is 39.1 Å². The Morgan fingerprint density at radius 2 is 1.59 bits per heavy atom. The Hall–Kier alpha value is -3.36. The lowest BCUT2D eigenvalue weighted by atomic mass is 10.0. The number of amides is 2. The Kier molecular flexibility index (Phi) is 9.34. The molecule has 0 aliphatic heterocycles. The van der Waals surface area contributed by atoms with E-state index >= 15 is 0 Å². The highest BCUT2D eigenvalue weighted by molar-refractivity contribution is 7.92. The zero-order valence-corrected chi connectivity index (χ0v) is 23.0. The molecule has 0 aromatic heterocycles. The zero-order valence-electron chi connectivity index (χ0n) is 21.4. The molecule has 0 spiro atoms. The molecule has 0 saturated carbocycles. The van der Waals surface area contributed by atoms with Gasteiger partial charge in [-0.25, -0.2) is 8.42 Å². The minimum atomic E-state index is -3.80. The summed E-state index contributed by atoms with van der Waals surface area (Å²) >= 11 is 6.05. The maximum Gasteiger partial charge on any atom is 0.244 e. The first-order valence-electron chi connectivity index (χ1n) is 11.8. The van der Waals surface area contributed by atoms with Gasteiger partial charge in [0.1, 0.15) is 12.6 Å². The molecule has 0 unspecified atom stereocenters. The summed E-state index contributed by atoms with van der Waals surface area (Å²) in [6.45, 7) is 3.38. The van der Waals surface area contributed by atoms with Crippen molar-refractivity contribution in [2.75, 3.05) is 24.2 Å². The summed E-state index contributed by atoms with van der Waals surface area (Å²) in [5.74, 6) is -0.839. The highest BCUT2D eigenvalue weighted by atomic mass is 35.5. The van der Waals surface area contributed by atoms with Crippen LogP contribution in [0.1, 0.15) is 22.3 Å². The molecule has 3 aromatic carbocycles. The first-order valence-corrected chi connectivity index (χ1v) is 14.1. The van der Waals surface area contributed by atoms with Crippen molar-refractivity contribution in [1.29, 1.82) is 0 Å². The van der Waals surface area contributed by atoms with Crippen LogP contribution in [0, 0.1) is 13.8 Å². The molecule has 7 nitrogen and oxygen atoms in total. The first kappa shape index (κ1) is 28.2. The summed E-state index contributed by atoms with van der Waals surface area (Å²) in [6, 6.07) is 20.9. The van der Waals surface area contributed by atoms with Crippen molar-refractivity contribution in [3.05, 3.63) is 100 Å². The molecule has 0 aliphatic carbocycles. The van der Waals surface area contributed by atoms with Gasteiger partial charge in [0.2, 0.25) is 21.8 Å². The molecule has 1 N–H and O–H groups in total. The van der Waals surface area contributed by atoms with E-state index in [4.69, 9.17) is 11.6 Å². The molecule has 0 aliphatic rings. The lowest BCUT2D eigenvalue weighted by molar-refractivity contribution is -0.139. The number of nitrogens with zero attached hydrogens (tertiary/aromatic N) is 2. The summed E-state index contributed by atoms with van der Waals surface area (Å²) in [7, 11) is -2.29. The number of carbonyl (C=O) groups is 2. The van der Waals surface area contributed by atoms with Crippen LogP contribution in [0.5, 0.6) is 0 Å². The number of carbonyl (C=O) groups excluding carboxylic acids is 2. The second-order valence-electron chi connectivity index (χ2n) is 9.03. The summed E-state index contributed by atoms with van der Waals surface area (Å²) in [6.07, 6.45) is 1.34. The van der Waals surface area contributed by atoms with E-state index in [0.29, 0.717) is 10.7 Å². The van der Waals surface area contributed by atoms with Gasteiger partial charge in [-0.1, -0.05) is 71.8 Å². The van der Waals surface area contributed by atoms with E-state index in [0.717, 1.165) is 32.8 Å². The molecule has 1 atom stereocenters. The third kappa shape index (κ3) is 7.57. The monoisotopic (exact) mass is 541 g/mol. The fourth-order valence-electron chi connectivity index (χ4n) is 4.19. The average molecular weight is 542 g/mol. The smallest absolute Gasteiger partial charge is 0.244 e.